The third kappa shape index (κ3) is 4.61. The van der Waals surface area contributed by atoms with Crippen LogP contribution >= 0.6 is 0 Å². The first-order valence-corrected chi connectivity index (χ1v) is 9.08. The highest BCUT2D eigenvalue weighted by atomic mass is 16.5. The molecular formula is C18H29N5O2. The number of morpholine rings is 1. The lowest BCUT2D eigenvalue weighted by molar-refractivity contribution is -0.00905. The third-order valence-corrected chi connectivity index (χ3v) is 5.08. The van der Waals surface area contributed by atoms with E-state index in [2.05, 4.69) is 33.9 Å². The summed E-state index contributed by atoms with van der Waals surface area (Å²) in [5.74, 6) is 0.982. The fourth-order valence-electron chi connectivity index (χ4n) is 3.36. The van der Waals surface area contributed by atoms with Gasteiger partial charge >= 0.3 is 6.03 Å². The number of ether oxygens (including phenoxy) is 1. The smallest absolute Gasteiger partial charge is 0.317 e. The van der Waals surface area contributed by atoms with Gasteiger partial charge in [-0.3, -0.25) is 4.90 Å². The SMILES string of the molecule is CC(C)(CNC(=O)N1CCN(c2ccccn2)CC1)N1CCOCC1. The maximum Gasteiger partial charge on any atom is 0.317 e. The Hall–Kier alpha value is -1.86. The molecule has 25 heavy (non-hydrogen) atoms. The van der Waals surface area contributed by atoms with Crippen molar-refractivity contribution in [3.8, 4) is 0 Å². The summed E-state index contributed by atoms with van der Waals surface area (Å²) in [6.45, 7) is 11.5. The monoisotopic (exact) mass is 347 g/mol. The van der Waals surface area contributed by atoms with Gasteiger partial charge in [0.1, 0.15) is 5.82 Å². The second-order valence-electron chi connectivity index (χ2n) is 7.23. The van der Waals surface area contributed by atoms with E-state index < -0.39 is 0 Å². The molecule has 0 aromatic carbocycles. The Morgan fingerprint density at radius 2 is 1.88 bits per heavy atom. The maximum atomic E-state index is 12.5. The molecule has 0 aliphatic carbocycles. The fraction of sp³-hybridized carbons (Fsp3) is 0.667. The summed E-state index contributed by atoms with van der Waals surface area (Å²) in [7, 11) is 0. The Morgan fingerprint density at radius 1 is 1.16 bits per heavy atom. The van der Waals surface area contributed by atoms with Crippen LogP contribution in [0, 0.1) is 0 Å². The van der Waals surface area contributed by atoms with Crippen LogP contribution in [0.5, 0.6) is 0 Å². The number of carbonyl (C=O) groups excluding carboxylic acids is 1. The Morgan fingerprint density at radius 3 is 2.52 bits per heavy atom. The molecule has 1 aromatic heterocycles. The summed E-state index contributed by atoms with van der Waals surface area (Å²) in [5.41, 5.74) is -0.0603. The molecule has 7 heteroatoms. The number of anilines is 1. The number of rotatable bonds is 4. The van der Waals surface area contributed by atoms with Gasteiger partial charge < -0.3 is 19.9 Å². The Labute approximate surface area is 149 Å². The zero-order chi connectivity index (χ0) is 17.7. The highest BCUT2D eigenvalue weighted by Gasteiger charge is 2.30. The minimum Gasteiger partial charge on any atom is -0.379 e. The lowest BCUT2D eigenvalue weighted by Gasteiger charge is -2.41. The quantitative estimate of drug-likeness (QED) is 0.881. The molecule has 3 rings (SSSR count). The van der Waals surface area contributed by atoms with Crippen molar-refractivity contribution >= 4 is 11.8 Å². The van der Waals surface area contributed by atoms with Crippen molar-refractivity contribution in [3.63, 3.8) is 0 Å². The summed E-state index contributed by atoms with van der Waals surface area (Å²) in [6.07, 6.45) is 1.81. The van der Waals surface area contributed by atoms with E-state index in [9.17, 15) is 4.79 Å². The van der Waals surface area contributed by atoms with E-state index in [1.165, 1.54) is 0 Å². The second-order valence-corrected chi connectivity index (χ2v) is 7.23. The molecule has 1 aromatic rings. The van der Waals surface area contributed by atoms with Crippen molar-refractivity contribution in [2.45, 2.75) is 19.4 Å². The minimum absolute atomic E-state index is 0.0296. The standard InChI is InChI=1S/C18H29N5O2/c1-18(2,23-11-13-25-14-12-23)15-20-17(24)22-9-7-21(8-10-22)16-5-3-4-6-19-16/h3-6H,7-15H2,1-2H3,(H,20,24). The Balaban J connectivity index is 1.45. The molecule has 2 aliphatic heterocycles. The molecule has 0 spiro atoms. The molecule has 7 nitrogen and oxygen atoms in total. The average Bonchev–Trinajstić information content (AvgIpc) is 2.68. The predicted molar refractivity (Wildman–Crippen MR) is 97.9 cm³/mol. The summed E-state index contributed by atoms with van der Waals surface area (Å²) >= 11 is 0. The Bertz CT molecular complexity index is 552. The molecule has 138 valence electrons. The van der Waals surface area contributed by atoms with E-state index in [0.29, 0.717) is 6.54 Å². The van der Waals surface area contributed by atoms with Gasteiger partial charge in [-0.15, -0.1) is 0 Å². The van der Waals surface area contributed by atoms with E-state index in [0.717, 1.165) is 58.3 Å². The van der Waals surface area contributed by atoms with E-state index in [1.807, 2.05) is 29.3 Å². The van der Waals surface area contributed by atoms with Gasteiger partial charge in [-0.2, -0.15) is 0 Å². The van der Waals surface area contributed by atoms with E-state index in [4.69, 9.17) is 4.74 Å². The average molecular weight is 347 g/mol. The summed E-state index contributed by atoms with van der Waals surface area (Å²) in [5, 5.41) is 3.11. The van der Waals surface area contributed by atoms with Gasteiger partial charge in [0.2, 0.25) is 0 Å². The first-order chi connectivity index (χ1) is 12.1. The maximum absolute atomic E-state index is 12.5. The van der Waals surface area contributed by atoms with Crippen LogP contribution in [0.3, 0.4) is 0 Å². The number of amides is 2. The van der Waals surface area contributed by atoms with Crippen molar-refractivity contribution in [2.75, 3.05) is 63.9 Å². The molecule has 0 radical (unpaired) electrons. The molecule has 1 N–H and O–H groups in total. The molecule has 2 fully saturated rings. The van der Waals surface area contributed by atoms with Gasteiger partial charge in [0, 0.05) is 57.5 Å². The number of carbonyl (C=O) groups is 1. The predicted octanol–water partition coefficient (Wildman–Crippen LogP) is 1.02. The van der Waals surface area contributed by atoms with Crippen molar-refractivity contribution < 1.29 is 9.53 Å². The van der Waals surface area contributed by atoms with Gasteiger partial charge in [-0.25, -0.2) is 9.78 Å². The largest absolute Gasteiger partial charge is 0.379 e. The molecule has 2 amide bonds. The zero-order valence-electron chi connectivity index (χ0n) is 15.3. The highest BCUT2D eigenvalue weighted by molar-refractivity contribution is 5.74. The lowest BCUT2D eigenvalue weighted by Crippen LogP contribution is -2.58. The van der Waals surface area contributed by atoms with Gasteiger partial charge in [-0.05, 0) is 26.0 Å². The topological polar surface area (TPSA) is 60.9 Å². The number of hydrogen-bond donors (Lipinski definition) is 1. The summed E-state index contributed by atoms with van der Waals surface area (Å²) in [6, 6.07) is 5.96. The van der Waals surface area contributed by atoms with Crippen LogP contribution in [0.4, 0.5) is 10.6 Å². The fourth-order valence-corrected chi connectivity index (χ4v) is 3.36. The summed E-state index contributed by atoms with van der Waals surface area (Å²) < 4.78 is 5.42. The second kappa shape index (κ2) is 8.01. The minimum atomic E-state index is -0.0603. The first kappa shape index (κ1) is 17.9. The first-order valence-electron chi connectivity index (χ1n) is 9.08. The third-order valence-electron chi connectivity index (χ3n) is 5.08. The normalized spacial score (nSPS) is 19.8. The summed E-state index contributed by atoms with van der Waals surface area (Å²) in [4.78, 5) is 23.4. The number of nitrogens with one attached hydrogen (secondary N) is 1. The molecule has 0 atom stereocenters. The van der Waals surface area contributed by atoms with Crippen LogP contribution in [0.2, 0.25) is 0 Å². The molecule has 2 saturated heterocycles. The lowest BCUT2D eigenvalue weighted by atomic mass is 10.0. The van der Waals surface area contributed by atoms with Crippen LogP contribution < -0.4 is 10.2 Å². The highest BCUT2D eigenvalue weighted by Crippen LogP contribution is 2.16. The molecule has 3 heterocycles. The molecule has 0 saturated carbocycles. The molecular weight excluding hydrogens is 318 g/mol. The Kier molecular flexibility index (Phi) is 5.75. The van der Waals surface area contributed by atoms with Gasteiger partial charge in [0.25, 0.3) is 0 Å². The van der Waals surface area contributed by atoms with Crippen molar-refractivity contribution in [2.24, 2.45) is 0 Å². The van der Waals surface area contributed by atoms with Crippen molar-refractivity contribution in [1.29, 1.82) is 0 Å². The van der Waals surface area contributed by atoms with Crippen LogP contribution in [-0.2, 0) is 4.74 Å². The van der Waals surface area contributed by atoms with Crippen LogP contribution in [0.1, 0.15) is 13.8 Å². The van der Waals surface area contributed by atoms with Crippen LogP contribution in [0.15, 0.2) is 24.4 Å². The van der Waals surface area contributed by atoms with Crippen molar-refractivity contribution in [1.82, 2.24) is 20.1 Å². The number of urea groups is 1. The molecule has 0 bridgehead atoms. The molecule has 0 unspecified atom stereocenters. The number of hydrogen-bond acceptors (Lipinski definition) is 5. The number of nitrogens with zero attached hydrogens (tertiary/aromatic N) is 4. The van der Waals surface area contributed by atoms with Crippen molar-refractivity contribution in [3.05, 3.63) is 24.4 Å². The number of aromatic nitrogens is 1. The van der Waals surface area contributed by atoms with Gasteiger partial charge in [0.05, 0.1) is 13.2 Å². The van der Waals surface area contributed by atoms with E-state index >= 15 is 0 Å². The van der Waals surface area contributed by atoms with Crippen LogP contribution in [0.25, 0.3) is 0 Å². The number of pyridine rings is 1. The number of piperazine rings is 1. The van der Waals surface area contributed by atoms with E-state index in [1.54, 1.807) is 0 Å². The van der Waals surface area contributed by atoms with Crippen LogP contribution in [-0.4, -0.2) is 85.4 Å². The van der Waals surface area contributed by atoms with Gasteiger partial charge in [0.15, 0.2) is 0 Å². The zero-order valence-corrected chi connectivity index (χ0v) is 15.3. The van der Waals surface area contributed by atoms with Gasteiger partial charge in [-0.1, -0.05) is 6.07 Å². The molecule has 2 aliphatic rings. The van der Waals surface area contributed by atoms with E-state index in [-0.39, 0.29) is 11.6 Å².